The maximum atomic E-state index is 10.8. The summed E-state index contributed by atoms with van der Waals surface area (Å²) in [5.74, 6) is 0.763. The molecular weight excluding hydrogens is 371 g/mol. The molecule has 4 nitrogen and oxygen atoms in total. The van der Waals surface area contributed by atoms with Crippen LogP contribution in [0.2, 0.25) is 10.0 Å². The molecule has 0 bridgehead atoms. The number of hydrogen-bond donors (Lipinski definition) is 2. The van der Waals surface area contributed by atoms with Gasteiger partial charge in [0.1, 0.15) is 23.1 Å². The molecule has 0 saturated carbocycles. The number of benzene rings is 2. The van der Waals surface area contributed by atoms with Crippen molar-refractivity contribution in [3.8, 4) is 5.75 Å². The lowest BCUT2D eigenvalue weighted by Gasteiger charge is -2.20. The van der Waals surface area contributed by atoms with E-state index >= 15 is 0 Å². The molecule has 0 spiro atoms. The summed E-state index contributed by atoms with van der Waals surface area (Å²) in [7, 11) is 0. The number of halogens is 2. The highest BCUT2D eigenvalue weighted by Gasteiger charge is 2.22. The number of furan rings is 1. The van der Waals surface area contributed by atoms with Crippen LogP contribution in [0.1, 0.15) is 17.4 Å². The molecule has 0 saturated heterocycles. The number of fused-ring (bicyclic) bond motifs is 1. The van der Waals surface area contributed by atoms with Gasteiger partial charge in [0.05, 0.1) is 16.3 Å². The third-order valence-corrected chi connectivity index (χ3v) is 4.89. The van der Waals surface area contributed by atoms with Gasteiger partial charge in [-0.1, -0.05) is 41.4 Å². The van der Waals surface area contributed by atoms with Gasteiger partial charge in [0.15, 0.2) is 0 Å². The van der Waals surface area contributed by atoms with Gasteiger partial charge in [0.25, 0.3) is 0 Å². The zero-order valence-electron chi connectivity index (χ0n) is 13.5. The molecule has 1 unspecified atom stereocenters. The molecule has 2 N–H and O–H groups in total. The predicted octanol–water partition coefficient (Wildman–Crippen LogP) is 6.04. The molecule has 4 rings (SSSR count). The minimum Gasteiger partial charge on any atom is -0.505 e. The first-order valence-corrected chi connectivity index (χ1v) is 8.70. The minimum atomic E-state index is -0.423. The van der Waals surface area contributed by atoms with Gasteiger partial charge >= 0.3 is 0 Å². The highest BCUT2D eigenvalue weighted by molar-refractivity contribution is 6.42. The van der Waals surface area contributed by atoms with E-state index in [-0.39, 0.29) is 5.75 Å². The lowest BCUT2D eigenvalue weighted by Crippen LogP contribution is -2.12. The van der Waals surface area contributed by atoms with Crippen LogP contribution in [-0.2, 0) is 0 Å². The largest absolute Gasteiger partial charge is 0.505 e. The smallest absolute Gasteiger partial charge is 0.147 e. The van der Waals surface area contributed by atoms with Crippen molar-refractivity contribution in [3.05, 3.63) is 88.4 Å². The summed E-state index contributed by atoms with van der Waals surface area (Å²) in [4.78, 5) is 4.29. The summed E-state index contributed by atoms with van der Waals surface area (Å²) in [6.45, 7) is 0. The SMILES string of the molecule is Oc1c(C(Nc2ccc(Cl)c(Cl)c2)c2ccco2)ccc2cccnc12. The summed E-state index contributed by atoms with van der Waals surface area (Å²) in [5, 5.41) is 15.9. The molecule has 0 aliphatic rings. The topological polar surface area (TPSA) is 58.3 Å². The monoisotopic (exact) mass is 384 g/mol. The molecule has 0 aliphatic heterocycles. The number of anilines is 1. The second-order valence-electron chi connectivity index (χ2n) is 5.80. The third-order valence-electron chi connectivity index (χ3n) is 4.15. The van der Waals surface area contributed by atoms with Gasteiger partial charge in [-0.3, -0.25) is 4.98 Å². The van der Waals surface area contributed by atoms with E-state index in [1.165, 1.54) is 0 Å². The van der Waals surface area contributed by atoms with Gasteiger partial charge in [-0.05, 0) is 36.4 Å². The lowest BCUT2D eigenvalue weighted by molar-refractivity contribution is 0.458. The van der Waals surface area contributed by atoms with Crippen molar-refractivity contribution in [2.24, 2.45) is 0 Å². The molecule has 6 heteroatoms. The Morgan fingerprint density at radius 1 is 1.00 bits per heavy atom. The number of aromatic nitrogens is 1. The van der Waals surface area contributed by atoms with Gasteiger partial charge in [-0.15, -0.1) is 0 Å². The standard InChI is InChI=1S/C20H14Cl2N2O2/c21-15-8-6-13(11-16(15)22)24-19(17-4-2-10-26-17)14-7-5-12-3-1-9-23-18(12)20(14)25/h1-11,19,24-25H. The van der Waals surface area contributed by atoms with Crippen LogP contribution in [0, 0.1) is 0 Å². The first-order chi connectivity index (χ1) is 12.6. The van der Waals surface area contributed by atoms with Crippen molar-refractivity contribution < 1.29 is 9.52 Å². The van der Waals surface area contributed by atoms with E-state index in [4.69, 9.17) is 27.6 Å². The molecule has 0 amide bonds. The van der Waals surface area contributed by atoms with E-state index in [1.807, 2.05) is 36.4 Å². The Kier molecular flexibility index (Phi) is 4.45. The zero-order chi connectivity index (χ0) is 18.1. The van der Waals surface area contributed by atoms with Crippen LogP contribution in [0.3, 0.4) is 0 Å². The Morgan fingerprint density at radius 2 is 1.88 bits per heavy atom. The number of nitrogens with zero attached hydrogens (tertiary/aromatic N) is 1. The average Bonchev–Trinajstić information content (AvgIpc) is 3.18. The number of aromatic hydroxyl groups is 1. The molecule has 4 aromatic rings. The molecule has 0 radical (unpaired) electrons. The molecule has 2 aromatic heterocycles. The van der Waals surface area contributed by atoms with Gasteiger partial charge in [0.2, 0.25) is 0 Å². The number of pyridine rings is 1. The summed E-state index contributed by atoms with van der Waals surface area (Å²) in [6, 6.07) is 16.0. The summed E-state index contributed by atoms with van der Waals surface area (Å²) in [5.41, 5.74) is 1.94. The first-order valence-electron chi connectivity index (χ1n) is 7.95. The van der Waals surface area contributed by atoms with Crippen LogP contribution in [0.5, 0.6) is 5.75 Å². The lowest BCUT2D eigenvalue weighted by atomic mass is 10.0. The Bertz CT molecular complexity index is 1060. The van der Waals surface area contributed by atoms with E-state index in [0.29, 0.717) is 26.9 Å². The zero-order valence-corrected chi connectivity index (χ0v) is 15.0. The average molecular weight is 385 g/mol. The second-order valence-corrected chi connectivity index (χ2v) is 6.61. The van der Waals surface area contributed by atoms with Crippen LogP contribution < -0.4 is 5.32 Å². The fourth-order valence-electron chi connectivity index (χ4n) is 2.89. The Labute approximate surface area is 160 Å². The van der Waals surface area contributed by atoms with Crippen molar-refractivity contribution in [2.75, 3.05) is 5.32 Å². The molecule has 2 heterocycles. The minimum absolute atomic E-state index is 0.108. The molecular formula is C20H14Cl2N2O2. The van der Waals surface area contributed by atoms with E-state index in [1.54, 1.807) is 30.7 Å². The number of rotatable bonds is 4. The molecule has 2 aromatic carbocycles. The van der Waals surface area contributed by atoms with Crippen LogP contribution in [-0.4, -0.2) is 10.1 Å². The number of nitrogens with one attached hydrogen (secondary N) is 1. The van der Waals surface area contributed by atoms with Gasteiger partial charge < -0.3 is 14.8 Å². The molecule has 0 fully saturated rings. The fraction of sp³-hybridized carbons (Fsp3) is 0.0500. The molecule has 0 aliphatic carbocycles. The number of phenolic OH excluding ortho intramolecular Hbond substituents is 1. The summed E-state index contributed by atoms with van der Waals surface area (Å²) < 4.78 is 5.59. The summed E-state index contributed by atoms with van der Waals surface area (Å²) in [6.07, 6.45) is 3.25. The molecule has 1 atom stereocenters. The van der Waals surface area contributed by atoms with Crippen LogP contribution in [0.15, 0.2) is 71.5 Å². The predicted molar refractivity (Wildman–Crippen MR) is 104 cm³/mol. The number of hydrogen-bond acceptors (Lipinski definition) is 4. The quantitative estimate of drug-likeness (QED) is 0.450. The first kappa shape index (κ1) is 16.8. The third kappa shape index (κ3) is 3.09. The Hall–Kier alpha value is -2.69. The van der Waals surface area contributed by atoms with Crippen molar-refractivity contribution in [2.45, 2.75) is 6.04 Å². The maximum Gasteiger partial charge on any atom is 0.147 e. The maximum absolute atomic E-state index is 10.8. The fourth-order valence-corrected chi connectivity index (χ4v) is 3.19. The van der Waals surface area contributed by atoms with Crippen LogP contribution in [0.4, 0.5) is 5.69 Å². The van der Waals surface area contributed by atoms with Crippen LogP contribution >= 0.6 is 23.2 Å². The molecule has 130 valence electrons. The highest BCUT2D eigenvalue weighted by atomic mass is 35.5. The van der Waals surface area contributed by atoms with Crippen molar-refractivity contribution in [1.29, 1.82) is 0 Å². The van der Waals surface area contributed by atoms with Gasteiger partial charge in [-0.2, -0.15) is 0 Å². The Morgan fingerprint density at radius 3 is 2.65 bits per heavy atom. The second kappa shape index (κ2) is 6.90. The van der Waals surface area contributed by atoms with E-state index in [9.17, 15) is 5.11 Å². The van der Waals surface area contributed by atoms with Crippen molar-refractivity contribution >= 4 is 39.8 Å². The van der Waals surface area contributed by atoms with E-state index in [2.05, 4.69) is 10.3 Å². The van der Waals surface area contributed by atoms with Crippen molar-refractivity contribution in [1.82, 2.24) is 4.98 Å². The number of phenols is 1. The van der Waals surface area contributed by atoms with Crippen molar-refractivity contribution in [3.63, 3.8) is 0 Å². The normalized spacial score (nSPS) is 12.2. The molecule has 26 heavy (non-hydrogen) atoms. The van der Waals surface area contributed by atoms with Gasteiger partial charge in [-0.25, -0.2) is 0 Å². The van der Waals surface area contributed by atoms with Gasteiger partial charge in [0, 0.05) is 22.8 Å². The van der Waals surface area contributed by atoms with Crippen LogP contribution in [0.25, 0.3) is 10.9 Å². The Balaban J connectivity index is 1.81. The van der Waals surface area contributed by atoms with E-state index < -0.39 is 6.04 Å². The highest BCUT2D eigenvalue weighted by Crippen LogP contribution is 2.37. The summed E-state index contributed by atoms with van der Waals surface area (Å²) >= 11 is 12.1. The van der Waals surface area contributed by atoms with E-state index in [0.717, 1.165) is 11.1 Å².